The van der Waals surface area contributed by atoms with Crippen LogP contribution in [-0.2, 0) is 0 Å². The van der Waals surface area contributed by atoms with Gasteiger partial charge in [-0.15, -0.1) is 5.10 Å². The Morgan fingerprint density at radius 3 is 2.81 bits per heavy atom. The molecule has 0 aliphatic carbocycles. The van der Waals surface area contributed by atoms with Gasteiger partial charge in [-0.2, -0.15) is 0 Å². The van der Waals surface area contributed by atoms with Gasteiger partial charge >= 0.3 is 0 Å². The van der Waals surface area contributed by atoms with Crippen molar-refractivity contribution in [2.45, 2.75) is 18.9 Å². The summed E-state index contributed by atoms with van der Waals surface area (Å²) < 4.78 is 7.02. The van der Waals surface area contributed by atoms with Crippen molar-refractivity contribution in [2.75, 3.05) is 20.2 Å². The zero-order valence-electron chi connectivity index (χ0n) is 11.8. The van der Waals surface area contributed by atoms with Gasteiger partial charge in [0.05, 0.1) is 19.3 Å². The quantitative estimate of drug-likeness (QED) is 0.847. The number of rotatable bonds is 3. The molecule has 1 saturated heterocycles. The summed E-state index contributed by atoms with van der Waals surface area (Å²) in [7, 11) is 1.52. The summed E-state index contributed by atoms with van der Waals surface area (Å²) in [5.74, 6) is 0.345. The summed E-state index contributed by atoms with van der Waals surface area (Å²) >= 11 is 0. The third-order valence-corrected chi connectivity index (χ3v) is 3.76. The average Bonchev–Trinajstić information content (AvgIpc) is 3.09. The molecule has 2 aromatic heterocycles. The number of amides is 1. The van der Waals surface area contributed by atoms with Gasteiger partial charge in [0.1, 0.15) is 5.56 Å². The number of hydrogen-bond acceptors (Lipinski definition) is 5. The third kappa shape index (κ3) is 2.72. The first kappa shape index (κ1) is 13.5. The van der Waals surface area contributed by atoms with Crippen LogP contribution in [0.3, 0.4) is 0 Å². The molecule has 3 rings (SSSR count). The van der Waals surface area contributed by atoms with Gasteiger partial charge in [0.25, 0.3) is 5.91 Å². The van der Waals surface area contributed by atoms with Crippen molar-refractivity contribution in [3.63, 3.8) is 0 Å². The van der Waals surface area contributed by atoms with Gasteiger partial charge < -0.3 is 9.64 Å². The van der Waals surface area contributed by atoms with E-state index in [1.54, 1.807) is 24.5 Å². The van der Waals surface area contributed by atoms with E-state index < -0.39 is 0 Å². The first-order valence-electron chi connectivity index (χ1n) is 6.93. The monoisotopic (exact) mass is 287 g/mol. The maximum atomic E-state index is 12.5. The molecule has 3 heterocycles. The molecule has 0 spiro atoms. The Labute approximate surface area is 122 Å². The predicted octanol–water partition coefficient (Wildman–Crippen LogP) is 1.16. The summed E-state index contributed by atoms with van der Waals surface area (Å²) in [5.41, 5.74) is 0.513. The Kier molecular flexibility index (Phi) is 3.81. The van der Waals surface area contributed by atoms with Crippen molar-refractivity contribution in [1.29, 1.82) is 0 Å². The number of carbonyl (C=O) groups excluding carboxylic acids is 1. The Morgan fingerprint density at radius 1 is 1.33 bits per heavy atom. The lowest BCUT2D eigenvalue weighted by Crippen LogP contribution is -2.39. The summed E-state index contributed by atoms with van der Waals surface area (Å²) in [5, 5.41) is 7.86. The van der Waals surface area contributed by atoms with E-state index in [9.17, 15) is 4.79 Å². The normalized spacial score (nSPS) is 16.0. The Hall–Kier alpha value is -2.44. The van der Waals surface area contributed by atoms with E-state index >= 15 is 0 Å². The number of aromatic nitrogens is 4. The molecule has 0 radical (unpaired) electrons. The molecule has 21 heavy (non-hydrogen) atoms. The fraction of sp³-hybridized carbons (Fsp3) is 0.429. The fourth-order valence-corrected chi connectivity index (χ4v) is 2.63. The first-order valence-corrected chi connectivity index (χ1v) is 6.93. The van der Waals surface area contributed by atoms with Crippen LogP contribution in [0, 0.1) is 0 Å². The summed E-state index contributed by atoms with van der Waals surface area (Å²) in [6, 6.07) is 3.81. The lowest BCUT2D eigenvalue weighted by molar-refractivity contribution is 0.0685. The van der Waals surface area contributed by atoms with E-state index in [-0.39, 0.29) is 5.91 Å². The molecule has 1 aliphatic rings. The molecule has 2 aromatic rings. The van der Waals surface area contributed by atoms with Crippen molar-refractivity contribution in [3.8, 4) is 5.88 Å². The average molecular weight is 287 g/mol. The summed E-state index contributed by atoms with van der Waals surface area (Å²) in [6.07, 6.45) is 6.91. The van der Waals surface area contributed by atoms with Gasteiger partial charge in [-0.05, 0) is 25.0 Å². The second kappa shape index (κ2) is 5.90. The summed E-state index contributed by atoms with van der Waals surface area (Å²) in [6.45, 7) is 1.39. The molecule has 0 atom stereocenters. The van der Waals surface area contributed by atoms with E-state index in [1.807, 2.05) is 15.8 Å². The van der Waals surface area contributed by atoms with Gasteiger partial charge in [-0.25, -0.2) is 9.67 Å². The Bertz CT molecular complexity index is 606. The molecule has 7 nitrogen and oxygen atoms in total. The second-order valence-electron chi connectivity index (χ2n) is 4.97. The molecule has 1 amide bonds. The van der Waals surface area contributed by atoms with Crippen molar-refractivity contribution < 1.29 is 9.53 Å². The lowest BCUT2D eigenvalue weighted by Gasteiger charge is -2.32. The predicted molar refractivity (Wildman–Crippen MR) is 75.0 cm³/mol. The number of piperidine rings is 1. The molecule has 0 unspecified atom stereocenters. The van der Waals surface area contributed by atoms with Crippen LogP contribution in [0.1, 0.15) is 29.2 Å². The van der Waals surface area contributed by atoms with Crippen LogP contribution in [0.25, 0.3) is 0 Å². The maximum Gasteiger partial charge on any atom is 0.259 e. The van der Waals surface area contributed by atoms with Crippen LogP contribution < -0.4 is 4.74 Å². The van der Waals surface area contributed by atoms with Crippen LogP contribution in [0.4, 0.5) is 0 Å². The number of ether oxygens (including phenoxy) is 1. The number of likely N-dealkylation sites (tertiary alicyclic amines) is 1. The topological polar surface area (TPSA) is 73.1 Å². The smallest absolute Gasteiger partial charge is 0.259 e. The van der Waals surface area contributed by atoms with E-state index in [0.717, 1.165) is 12.8 Å². The highest BCUT2D eigenvalue weighted by Gasteiger charge is 2.26. The zero-order valence-corrected chi connectivity index (χ0v) is 11.8. The SMILES string of the molecule is COc1ncccc1C(=O)N1CCC(n2ccnn2)CC1. The zero-order chi connectivity index (χ0) is 14.7. The number of methoxy groups -OCH3 is 1. The van der Waals surface area contributed by atoms with Gasteiger partial charge in [-0.3, -0.25) is 4.79 Å². The molecular weight excluding hydrogens is 270 g/mol. The molecule has 0 saturated carbocycles. The first-order chi connectivity index (χ1) is 10.3. The van der Waals surface area contributed by atoms with Crippen molar-refractivity contribution in [3.05, 3.63) is 36.3 Å². The highest BCUT2D eigenvalue weighted by atomic mass is 16.5. The standard InChI is InChI=1S/C14H17N5O2/c1-21-13-12(3-2-6-15-13)14(20)18-8-4-11(5-9-18)19-10-7-16-17-19/h2-3,6-7,10-11H,4-5,8-9H2,1H3. The number of pyridine rings is 1. The van der Waals surface area contributed by atoms with Crippen molar-refractivity contribution in [1.82, 2.24) is 24.9 Å². The van der Waals surface area contributed by atoms with Crippen LogP contribution in [0.15, 0.2) is 30.7 Å². The van der Waals surface area contributed by atoms with Gasteiger partial charge in [0.15, 0.2) is 0 Å². The van der Waals surface area contributed by atoms with E-state index in [2.05, 4.69) is 15.3 Å². The van der Waals surface area contributed by atoms with Gasteiger partial charge in [0.2, 0.25) is 5.88 Å². The van der Waals surface area contributed by atoms with Crippen molar-refractivity contribution in [2.24, 2.45) is 0 Å². The van der Waals surface area contributed by atoms with E-state index in [1.165, 1.54) is 7.11 Å². The Balaban J connectivity index is 1.68. The largest absolute Gasteiger partial charge is 0.480 e. The van der Waals surface area contributed by atoms with Crippen LogP contribution in [0.2, 0.25) is 0 Å². The number of carbonyl (C=O) groups is 1. The second-order valence-corrected chi connectivity index (χ2v) is 4.97. The minimum atomic E-state index is -0.0306. The molecule has 1 aliphatic heterocycles. The van der Waals surface area contributed by atoms with E-state index in [4.69, 9.17) is 4.74 Å². The van der Waals surface area contributed by atoms with Gasteiger partial charge in [0, 0.05) is 25.5 Å². The fourth-order valence-electron chi connectivity index (χ4n) is 2.63. The van der Waals surface area contributed by atoms with Crippen LogP contribution in [0.5, 0.6) is 5.88 Å². The minimum Gasteiger partial charge on any atom is -0.480 e. The third-order valence-electron chi connectivity index (χ3n) is 3.76. The maximum absolute atomic E-state index is 12.5. The van der Waals surface area contributed by atoms with Crippen LogP contribution in [-0.4, -0.2) is 51.0 Å². The molecule has 0 aromatic carbocycles. The van der Waals surface area contributed by atoms with Crippen LogP contribution >= 0.6 is 0 Å². The molecule has 7 heteroatoms. The molecule has 0 N–H and O–H groups in total. The molecular formula is C14H17N5O2. The molecule has 1 fully saturated rings. The molecule has 110 valence electrons. The summed E-state index contributed by atoms with van der Waals surface area (Å²) in [4.78, 5) is 18.5. The molecule has 0 bridgehead atoms. The minimum absolute atomic E-state index is 0.0306. The highest BCUT2D eigenvalue weighted by Crippen LogP contribution is 2.24. The lowest BCUT2D eigenvalue weighted by atomic mass is 10.0. The highest BCUT2D eigenvalue weighted by molar-refractivity contribution is 5.96. The number of hydrogen-bond donors (Lipinski definition) is 0. The Morgan fingerprint density at radius 2 is 2.14 bits per heavy atom. The van der Waals surface area contributed by atoms with E-state index in [0.29, 0.717) is 30.6 Å². The van der Waals surface area contributed by atoms with Gasteiger partial charge in [-0.1, -0.05) is 5.21 Å². The van der Waals surface area contributed by atoms with Crippen molar-refractivity contribution >= 4 is 5.91 Å². The number of nitrogens with zero attached hydrogens (tertiary/aromatic N) is 5.